The number of nitrogens with zero attached hydrogens (tertiary/aromatic N) is 4. The largest absolute Gasteiger partial charge is 0.480 e. The number of ketones is 4. The molecule has 0 aliphatic carbocycles. The Morgan fingerprint density at radius 1 is 0.600 bits per heavy atom. The summed E-state index contributed by atoms with van der Waals surface area (Å²) in [6.45, 7) is 42.1. The lowest BCUT2D eigenvalue weighted by molar-refractivity contribution is -0.138. The molecule has 2 aromatic rings. The second-order valence-electron chi connectivity index (χ2n) is 25.4. The van der Waals surface area contributed by atoms with Crippen molar-refractivity contribution in [3.63, 3.8) is 0 Å². The summed E-state index contributed by atoms with van der Waals surface area (Å²) < 4.78 is 0. The maximum atomic E-state index is 11.7. The van der Waals surface area contributed by atoms with Gasteiger partial charge in [0.2, 0.25) is 0 Å². The number of nitrogens with two attached hydrogens (primary N) is 5. The summed E-state index contributed by atoms with van der Waals surface area (Å²) in [4.78, 5) is 83.9. The van der Waals surface area contributed by atoms with E-state index in [1.165, 1.54) is 0 Å². The van der Waals surface area contributed by atoms with Gasteiger partial charge in [-0.3, -0.25) is 48.7 Å². The van der Waals surface area contributed by atoms with E-state index in [1.54, 1.807) is 49.1 Å². The Hall–Kier alpha value is -6.14. The number of aliphatic carboxylic acids is 1. The van der Waals surface area contributed by atoms with Gasteiger partial charge in [-0.2, -0.15) is 0 Å². The summed E-state index contributed by atoms with van der Waals surface area (Å²) in [6, 6.07) is 5.83. The van der Waals surface area contributed by atoms with Crippen molar-refractivity contribution in [2.45, 2.75) is 220 Å². The van der Waals surface area contributed by atoms with Crippen LogP contribution in [0.5, 0.6) is 0 Å². The van der Waals surface area contributed by atoms with E-state index in [9.17, 15) is 28.8 Å². The van der Waals surface area contributed by atoms with Crippen molar-refractivity contribution in [1.82, 2.24) is 20.6 Å². The third-order valence-electron chi connectivity index (χ3n) is 10.6. The van der Waals surface area contributed by atoms with Gasteiger partial charge in [-0.1, -0.05) is 128 Å². The number of guanidine groups is 2. The van der Waals surface area contributed by atoms with Gasteiger partial charge in [-0.05, 0) is 111 Å². The van der Waals surface area contributed by atoms with E-state index in [2.05, 4.69) is 56.6 Å². The van der Waals surface area contributed by atoms with Crippen molar-refractivity contribution in [3.05, 3.63) is 84.5 Å². The fraction of sp³-hybridized carbons (Fsp3) is 0.645. The van der Waals surface area contributed by atoms with E-state index in [-0.39, 0.29) is 62.1 Å². The van der Waals surface area contributed by atoms with Crippen LogP contribution < -0.4 is 39.3 Å². The zero-order chi connectivity index (χ0) is 63.3. The maximum absolute atomic E-state index is 11.7. The number of nitrogens with one attached hydrogen (secondary N) is 2. The number of Topliss-reactive ketones (excluding diaryl/α,β-unsaturated/α-hetero) is 4. The predicted molar refractivity (Wildman–Crippen MR) is 332 cm³/mol. The lowest BCUT2D eigenvalue weighted by Crippen LogP contribution is -2.45. The van der Waals surface area contributed by atoms with E-state index >= 15 is 0 Å². The highest BCUT2D eigenvalue weighted by molar-refractivity contribution is 5.99. The van der Waals surface area contributed by atoms with Gasteiger partial charge in [0.15, 0.2) is 23.5 Å². The number of hydrogen-bond acceptors (Lipinski definition) is 12. The number of carbonyl (C=O) groups is 6. The Balaban J connectivity index is -0.000000435. The Morgan fingerprint density at radius 3 is 1.43 bits per heavy atom. The van der Waals surface area contributed by atoms with Crippen LogP contribution in [0.3, 0.4) is 0 Å². The van der Waals surface area contributed by atoms with Crippen molar-refractivity contribution in [2.75, 3.05) is 13.1 Å². The lowest BCUT2D eigenvalue weighted by atomic mass is 9.79. The zero-order valence-corrected chi connectivity index (χ0v) is 53.3. The van der Waals surface area contributed by atoms with Crippen LogP contribution in [0.4, 0.5) is 0 Å². The number of allylic oxidation sites excluding steroid dienone is 4. The molecule has 0 aliphatic rings. The highest BCUT2D eigenvalue weighted by Crippen LogP contribution is 2.26. The SMILES string of the molecule is CC(C)(C)C(=O)[C@@H](N)CCCN=C(N)N.CC(C)(C)C(=O)c1cccnc1.CC(C)(C)NC(=O)c1cccnc1.CC(C)(C)NC(N)=NCCC[C@H](N)C(=O)O.CC/C=C\CC(=O)C(C)(C)C.CC/C=C\CC(C)(C)C(=O)C(C)C. The molecule has 0 saturated heterocycles. The minimum atomic E-state index is -0.982. The average Bonchev–Trinajstić information content (AvgIpc) is 3.33. The molecule has 2 heterocycles. The summed E-state index contributed by atoms with van der Waals surface area (Å²) in [6.07, 6.45) is 20.5. The highest BCUT2D eigenvalue weighted by Gasteiger charge is 2.28. The van der Waals surface area contributed by atoms with Crippen molar-refractivity contribution >= 4 is 46.9 Å². The van der Waals surface area contributed by atoms with Gasteiger partial charge in [-0.15, -0.1) is 0 Å². The number of rotatable bonds is 20. The second kappa shape index (κ2) is 40.1. The summed E-state index contributed by atoms with van der Waals surface area (Å²) in [5, 5.41) is 14.4. The summed E-state index contributed by atoms with van der Waals surface area (Å²) in [5.41, 5.74) is 26.9. The van der Waals surface area contributed by atoms with Crippen LogP contribution >= 0.6 is 0 Å². The summed E-state index contributed by atoms with van der Waals surface area (Å²) >= 11 is 0. The maximum Gasteiger partial charge on any atom is 0.320 e. The van der Waals surface area contributed by atoms with Gasteiger partial charge in [-0.25, -0.2) is 0 Å². The van der Waals surface area contributed by atoms with E-state index < -0.39 is 18.1 Å². The Bertz CT molecular complexity index is 2200. The number of carbonyl (C=O) groups excluding carboxylic acids is 5. The van der Waals surface area contributed by atoms with Crippen LogP contribution in [0.1, 0.15) is 217 Å². The monoisotopic (exact) mass is 1120 g/mol. The first kappa shape index (κ1) is 80.3. The Kier molecular flexibility index (Phi) is 40.3. The Labute approximate surface area is 483 Å². The molecule has 0 aliphatic heterocycles. The first-order chi connectivity index (χ1) is 36.4. The van der Waals surface area contributed by atoms with Crippen LogP contribution in [0.2, 0.25) is 0 Å². The first-order valence-electron chi connectivity index (χ1n) is 27.8. The molecule has 1 amide bonds. The molecule has 0 radical (unpaired) electrons. The molecule has 0 spiro atoms. The van der Waals surface area contributed by atoms with Crippen LogP contribution in [0, 0.1) is 27.6 Å². The summed E-state index contributed by atoms with van der Waals surface area (Å²) in [7, 11) is 0. The standard InChI is InChI=1S/C12H22O.C10H22N4O2.C10H22N4O.C10H14N2O.C10H13NO.C10H18O/c1-6-7-8-9-12(4,5)11(13)10(2)3;1-10(2,3)14-9(12)13-6-4-5-7(11)8(15)16;1-10(2,3)8(15)7(11)5-4-6-14-9(12)13;1-10(2,3)12-9(13)8-5-4-6-11-7-8;1-10(2,3)9(12)8-5-4-6-11-7-8;1-5-6-7-8-9(11)10(2,3)4/h7-8,10H,6,9H2,1-5H3;7H,4-6,11H2,1-3H3,(H,15,16)(H3,12,13,14);7H,4-6,11H2,1-3H3,(H4,12,13,14);4-7H,1-3H3,(H,12,13);4-7H,1-3H3;6-7H,5,8H2,1-4H3/b8-7-;;;;;7-6-/t;2*7-;;;/m.00.../s1. The quantitative estimate of drug-likeness (QED) is 0.0201. The van der Waals surface area contributed by atoms with Gasteiger partial charge >= 0.3 is 5.97 Å². The smallest absolute Gasteiger partial charge is 0.320 e. The van der Waals surface area contributed by atoms with Gasteiger partial charge in [0.1, 0.15) is 17.6 Å². The molecule has 13 N–H and O–H groups in total. The van der Waals surface area contributed by atoms with Crippen molar-refractivity contribution in [2.24, 2.45) is 66.2 Å². The molecule has 18 nitrogen and oxygen atoms in total. The number of hydrogen-bond donors (Lipinski definition) is 8. The predicted octanol–water partition coefficient (Wildman–Crippen LogP) is 10.3. The van der Waals surface area contributed by atoms with Crippen LogP contribution in [0.25, 0.3) is 0 Å². The molecule has 456 valence electrons. The molecule has 80 heavy (non-hydrogen) atoms. The minimum Gasteiger partial charge on any atom is -0.480 e. The van der Waals surface area contributed by atoms with Gasteiger partial charge in [0.05, 0.1) is 11.6 Å². The minimum absolute atomic E-state index is 0.0747. The molecule has 0 fully saturated rings. The number of carboxylic acids is 1. The van der Waals surface area contributed by atoms with Crippen molar-refractivity contribution in [1.29, 1.82) is 0 Å². The van der Waals surface area contributed by atoms with Crippen LogP contribution in [-0.4, -0.2) is 98.3 Å². The molecule has 0 unspecified atom stereocenters. The Morgan fingerprint density at radius 2 is 1.05 bits per heavy atom. The van der Waals surface area contributed by atoms with Crippen molar-refractivity contribution in [3.8, 4) is 0 Å². The van der Waals surface area contributed by atoms with E-state index in [4.69, 9.17) is 33.8 Å². The molecule has 2 aromatic heterocycles. The van der Waals surface area contributed by atoms with E-state index in [0.29, 0.717) is 67.4 Å². The molecule has 0 aromatic carbocycles. The first-order valence-corrected chi connectivity index (χ1v) is 27.8. The van der Waals surface area contributed by atoms with Crippen molar-refractivity contribution < 1.29 is 33.9 Å². The van der Waals surface area contributed by atoms with E-state index in [0.717, 1.165) is 25.7 Å². The topological polar surface area (TPSA) is 327 Å². The molecule has 0 saturated carbocycles. The molecule has 0 bridgehead atoms. The zero-order valence-electron chi connectivity index (χ0n) is 53.3. The number of pyridine rings is 2. The fourth-order valence-corrected chi connectivity index (χ4v) is 6.19. The second-order valence-corrected chi connectivity index (χ2v) is 25.4. The molecular weight excluding hydrogens is 1010 g/mol. The van der Waals surface area contributed by atoms with Gasteiger partial charge < -0.3 is 44.4 Å². The number of amides is 1. The molecule has 2 rings (SSSR count). The molecule has 18 heteroatoms. The van der Waals surface area contributed by atoms with E-state index in [1.807, 2.05) is 144 Å². The van der Waals surface area contributed by atoms with Crippen LogP contribution in [-0.2, 0) is 19.2 Å². The highest BCUT2D eigenvalue weighted by atomic mass is 16.4. The molecule has 2 atom stereocenters. The normalized spacial score (nSPS) is 12.7. The number of carboxylic acid groups (broad SMARTS) is 1. The third-order valence-corrected chi connectivity index (χ3v) is 10.6. The van der Waals surface area contributed by atoms with Gasteiger partial charge in [0, 0.05) is 88.5 Å². The molecular formula is C62H111N11O7. The third kappa shape index (κ3) is 45.7. The number of aromatic nitrogens is 2. The fourth-order valence-electron chi connectivity index (χ4n) is 6.19. The van der Waals surface area contributed by atoms with Gasteiger partial charge in [0.25, 0.3) is 5.91 Å². The summed E-state index contributed by atoms with van der Waals surface area (Å²) in [5.74, 6) is 0.399. The average molecular weight is 1120 g/mol. The lowest BCUT2D eigenvalue weighted by Gasteiger charge is -2.23. The van der Waals surface area contributed by atoms with Crippen LogP contribution in [0.15, 0.2) is 83.3 Å². The number of aliphatic imine (C=N–C) groups is 2.